The highest BCUT2D eigenvalue weighted by Crippen LogP contribution is 2.39. The highest BCUT2D eigenvalue weighted by Gasteiger charge is 2.30. The minimum atomic E-state index is -4.37. The van der Waals surface area contributed by atoms with E-state index in [4.69, 9.17) is 27.9 Å². The summed E-state index contributed by atoms with van der Waals surface area (Å²) in [6, 6.07) is 15.9. The van der Waals surface area contributed by atoms with Crippen LogP contribution in [0, 0.1) is 0 Å². The largest absolute Gasteiger partial charge is 0.506 e. The molecule has 2 heterocycles. The molecular formula is C26H20Cl2F3NO2S. The van der Waals surface area contributed by atoms with E-state index in [1.54, 1.807) is 18.5 Å². The van der Waals surface area contributed by atoms with E-state index in [1.165, 1.54) is 29.5 Å². The van der Waals surface area contributed by atoms with Gasteiger partial charge in [0.1, 0.15) is 10.8 Å². The predicted octanol–water partition coefficient (Wildman–Crippen LogP) is 8.73. The molecular weight excluding hydrogens is 518 g/mol. The van der Waals surface area contributed by atoms with E-state index in [-0.39, 0.29) is 16.9 Å². The number of alkyl halides is 3. The lowest BCUT2D eigenvalue weighted by atomic mass is 10.1. The summed E-state index contributed by atoms with van der Waals surface area (Å²) in [6.45, 7) is 0.343. The third-order valence-corrected chi connectivity index (χ3v) is 7.57. The number of thiophene rings is 1. The maximum Gasteiger partial charge on any atom is 0.416 e. The van der Waals surface area contributed by atoms with Gasteiger partial charge in [0, 0.05) is 22.1 Å². The summed E-state index contributed by atoms with van der Waals surface area (Å²) in [5.41, 5.74) is 1.72. The zero-order valence-electron chi connectivity index (χ0n) is 18.2. The topological polar surface area (TPSA) is 42.4 Å². The fraction of sp³-hybridized carbons (Fsp3) is 0.192. The van der Waals surface area contributed by atoms with Crippen molar-refractivity contribution in [1.29, 1.82) is 0 Å². The van der Waals surface area contributed by atoms with Gasteiger partial charge in [0.2, 0.25) is 0 Å². The van der Waals surface area contributed by atoms with E-state index < -0.39 is 11.7 Å². The lowest BCUT2D eigenvalue weighted by Crippen LogP contribution is -2.05. The quantitative estimate of drug-likeness (QED) is 0.244. The molecule has 3 nitrogen and oxygen atoms in total. The van der Waals surface area contributed by atoms with Crippen molar-refractivity contribution in [1.82, 2.24) is 4.98 Å². The van der Waals surface area contributed by atoms with E-state index in [1.807, 2.05) is 24.3 Å². The third kappa shape index (κ3) is 6.35. The Kier molecular flexibility index (Phi) is 8.02. The van der Waals surface area contributed by atoms with Crippen LogP contribution in [-0.2, 0) is 23.9 Å². The molecule has 182 valence electrons. The Balaban J connectivity index is 1.55. The molecule has 0 spiro atoms. The minimum absolute atomic E-state index is 0.0794. The second-order valence-corrected chi connectivity index (χ2v) is 9.72. The van der Waals surface area contributed by atoms with Crippen LogP contribution in [0.15, 0.2) is 73.1 Å². The number of ether oxygens (including phenoxy) is 1. The smallest absolute Gasteiger partial charge is 0.416 e. The Morgan fingerprint density at radius 1 is 0.971 bits per heavy atom. The Labute approximate surface area is 214 Å². The SMILES string of the molecule is Oc1ccc(CC[C@@H](OCc2cccnc2)c2ccc(-c3ccc(C(F)(F)F)cc3)s2)c(Cl)c1Cl. The van der Waals surface area contributed by atoms with Crippen LogP contribution in [0.4, 0.5) is 13.2 Å². The van der Waals surface area contributed by atoms with Crippen molar-refractivity contribution in [3.8, 4) is 16.2 Å². The molecule has 4 rings (SSSR count). The number of pyridine rings is 1. The molecule has 0 aliphatic rings. The zero-order chi connectivity index (χ0) is 25.0. The standard InChI is InChI=1S/C26H20Cl2F3NO2S/c27-24-18(5-9-20(33)25(24)28)6-10-21(34-15-16-2-1-13-32-14-16)23-12-11-22(35-23)17-3-7-19(8-4-17)26(29,30)31/h1-5,7-9,11-14,21,33H,6,10,15H2/t21-/m1/s1. The summed E-state index contributed by atoms with van der Waals surface area (Å²) in [4.78, 5) is 5.89. The average Bonchev–Trinajstić information content (AvgIpc) is 3.34. The number of phenols is 1. The average molecular weight is 538 g/mol. The van der Waals surface area contributed by atoms with Gasteiger partial charge in [-0.3, -0.25) is 4.98 Å². The number of hydrogen-bond acceptors (Lipinski definition) is 4. The van der Waals surface area contributed by atoms with Gasteiger partial charge < -0.3 is 9.84 Å². The summed E-state index contributed by atoms with van der Waals surface area (Å²) in [5.74, 6) is -0.0794. The van der Waals surface area contributed by atoms with Crippen molar-refractivity contribution < 1.29 is 23.0 Å². The van der Waals surface area contributed by atoms with Crippen molar-refractivity contribution >= 4 is 34.5 Å². The molecule has 9 heteroatoms. The van der Waals surface area contributed by atoms with Crippen LogP contribution in [0.25, 0.3) is 10.4 Å². The number of halogens is 5. The van der Waals surface area contributed by atoms with E-state index in [0.717, 1.165) is 33.0 Å². The number of nitrogens with zero attached hydrogens (tertiary/aromatic N) is 1. The maximum absolute atomic E-state index is 12.9. The monoisotopic (exact) mass is 537 g/mol. The molecule has 0 amide bonds. The summed E-state index contributed by atoms with van der Waals surface area (Å²) in [6.07, 6.45) is -0.129. The second-order valence-electron chi connectivity index (χ2n) is 7.85. The van der Waals surface area contributed by atoms with Gasteiger partial charge in [0.05, 0.1) is 23.3 Å². The number of hydrogen-bond donors (Lipinski definition) is 1. The highest BCUT2D eigenvalue weighted by atomic mass is 35.5. The molecule has 0 aliphatic carbocycles. The minimum Gasteiger partial charge on any atom is -0.506 e. The van der Waals surface area contributed by atoms with Crippen LogP contribution >= 0.6 is 34.5 Å². The Hall–Kier alpha value is -2.58. The summed E-state index contributed by atoms with van der Waals surface area (Å²) in [7, 11) is 0. The molecule has 0 aliphatic heterocycles. The maximum atomic E-state index is 12.9. The fourth-order valence-electron chi connectivity index (χ4n) is 3.55. The van der Waals surface area contributed by atoms with E-state index in [2.05, 4.69) is 4.98 Å². The second kappa shape index (κ2) is 11.0. The molecule has 2 aromatic heterocycles. The first-order valence-corrected chi connectivity index (χ1v) is 12.2. The van der Waals surface area contributed by atoms with Gasteiger partial charge in [-0.15, -0.1) is 11.3 Å². The third-order valence-electron chi connectivity index (χ3n) is 5.43. The van der Waals surface area contributed by atoms with Gasteiger partial charge in [-0.25, -0.2) is 0 Å². The van der Waals surface area contributed by atoms with Gasteiger partial charge in [0.15, 0.2) is 0 Å². The summed E-state index contributed by atoms with van der Waals surface area (Å²) >= 11 is 13.9. The Morgan fingerprint density at radius 2 is 1.74 bits per heavy atom. The van der Waals surface area contributed by atoms with Crippen LogP contribution in [0.3, 0.4) is 0 Å². The molecule has 0 radical (unpaired) electrons. The van der Waals surface area contributed by atoms with Crippen molar-refractivity contribution in [2.45, 2.75) is 31.7 Å². The van der Waals surface area contributed by atoms with E-state index >= 15 is 0 Å². The normalized spacial score (nSPS) is 12.6. The Bertz CT molecular complexity index is 1280. The van der Waals surface area contributed by atoms with Crippen LogP contribution in [-0.4, -0.2) is 10.1 Å². The van der Waals surface area contributed by atoms with Crippen LogP contribution in [0.5, 0.6) is 5.75 Å². The highest BCUT2D eigenvalue weighted by molar-refractivity contribution is 7.15. The van der Waals surface area contributed by atoms with Crippen molar-refractivity contribution in [3.05, 3.63) is 105 Å². The van der Waals surface area contributed by atoms with Gasteiger partial charge in [-0.05, 0) is 65.9 Å². The number of aryl methyl sites for hydroxylation is 1. The number of phenolic OH excluding ortho intramolecular Hbond substituents is 1. The van der Waals surface area contributed by atoms with Gasteiger partial charge in [-0.2, -0.15) is 13.2 Å². The van der Waals surface area contributed by atoms with Crippen LogP contribution in [0.1, 0.15) is 34.1 Å². The van der Waals surface area contributed by atoms with E-state index in [0.29, 0.717) is 30.0 Å². The predicted molar refractivity (Wildman–Crippen MR) is 133 cm³/mol. The van der Waals surface area contributed by atoms with Crippen molar-refractivity contribution in [2.75, 3.05) is 0 Å². The molecule has 35 heavy (non-hydrogen) atoms. The number of rotatable bonds is 8. The van der Waals surface area contributed by atoms with Crippen molar-refractivity contribution in [2.24, 2.45) is 0 Å². The molecule has 4 aromatic rings. The first-order chi connectivity index (χ1) is 16.7. The molecule has 0 saturated heterocycles. The lowest BCUT2D eigenvalue weighted by Gasteiger charge is -2.18. The van der Waals surface area contributed by atoms with Crippen LogP contribution in [0.2, 0.25) is 10.0 Å². The number of benzene rings is 2. The summed E-state index contributed by atoms with van der Waals surface area (Å²) < 4.78 is 45.0. The summed E-state index contributed by atoms with van der Waals surface area (Å²) in [5, 5.41) is 10.2. The zero-order valence-corrected chi connectivity index (χ0v) is 20.6. The van der Waals surface area contributed by atoms with Crippen molar-refractivity contribution in [3.63, 3.8) is 0 Å². The molecule has 0 fully saturated rings. The van der Waals surface area contributed by atoms with Gasteiger partial charge in [0.25, 0.3) is 0 Å². The van der Waals surface area contributed by atoms with Gasteiger partial charge >= 0.3 is 6.18 Å². The fourth-order valence-corrected chi connectivity index (χ4v) is 5.09. The van der Waals surface area contributed by atoms with Gasteiger partial charge in [-0.1, -0.05) is 47.5 Å². The molecule has 2 aromatic carbocycles. The van der Waals surface area contributed by atoms with E-state index in [9.17, 15) is 18.3 Å². The number of aromatic hydroxyl groups is 1. The molecule has 1 N–H and O–H groups in total. The molecule has 1 atom stereocenters. The number of aromatic nitrogens is 1. The first kappa shape index (κ1) is 25.5. The first-order valence-electron chi connectivity index (χ1n) is 10.7. The molecule has 0 unspecified atom stereocenters. The van der Waals surface area contributed by atoms with Crippen LogP contribution < -0.4 is 0 Å². The lowest BCUT2D eigenvalue weighted by molar-refractivity contribution is -0.137. The molecule has 0 saturated carbocycles. The molecule has 0 bridgehead atoms. The Morgan fingerprint density at radius 3 is 2.43 bits per heavy atom.